The molecule has 3 nitrogen and oxygen atoms in total. The van der Waals surface area contributed by atoms with Gasteiger partial charge in [0, 0.05) is 6.07 Å². The second kappa shape index (κ2) is 4.78. The molecule has 0 saturated carbocycles. The van der Waals surface area contributed by atoms with Gasteiger partial charge in [-0.05, 0) is 43.4 Å². The number of hydrogen-bond acceptors (Lipinski definition) is 2. The van der Waals surface area contributed by atoms with Gasteiger partial charge in [-0.2, -0.15) is 0 Å². The van der Waals surface area contributed by atoms with Crippen molar-refractivity contribution in [2.75, 3.05) is 0 Å². The normalized spacial score (nSPS) is 12.9. The smallest absolute Gasteiger partial charge is 0.283 e. The average molecular weight is 235 g/mol. The summed E-state index contributed by atoms with van der Waals surface area (Å²) in [6.45, 7) is 10.3. The van der Waals surface area contributed by atoms with Crippen molar-refractivity contribution in [2.24, 2.45) is 5.41 Å². The molecule has 1 rings (SSSR count). The highest BCUT2D eigenvalue weighted by Crippen LogP contribution is 2.24. The Labute approximate surface area is 102 Å². The van der Waals surface area contributed by atoms with E-state index in [0.29, 0.717) is 10.4 Å². The molecule has 0 radical (unpaired) electrons. The standard InChI is InChI=1S/C14H21NO2/c1-10-6-12(15(17)13(16)8-10)7-11(2)9-14(3,4)5/h6-8,17H,9H2,1-5H3. The van der Waals surface area contributed by atoms with Crippen molar-refractivity contribution in [2.45, 2.75) is 41.0 Å². The Morgan fingerprint density at radius 2 is 2.00 bits per heavy atom. The predicted octanol–water partition coefficient (Wildman–Crippen LogP) is 3.23. The van der Waals surface area contributed by atoms with E-state index in [2.05, 4.69) is 20.8 Å². The van der Waals surface area contributed by atoms with Gasteiger partial charge in [-0.15, -0.1) is 4.73 Å². The largest absolute Gasteiger partial charge is 0.425 e. The molecule has 1 N–H and O–H groups in total. The Balaban J connectivity index is 3.10. The molecular formula is C14H21NO2. The maximum Gasteiger partial charge on any atom is 0.283 e. The number of pyridine rings is 1. The van der Waals surface area contributed by atoms with E-state index in [1.165, 1.54) is 6.07 Å². The second-order valence-electron chi connectivity index (χ2n) is 5.84. The molecule has 0 unspecified atom stereocenters. The van der Waals surface area contributed by atoms with E-state index in [1.54, 1.807) is 6.07 Å². The summed E-state index contributed by atoms with van der Waals surface area (Å²) in [6.07, 6.45) is 2.79. The van der Waals surface area contributed by atoms with Crippen molar-refractivity contribution in [3.05, 3.63) is 39.3 Å². The minimum absolute atomic E-state index is 0.199. The summed E-state index contributed by atoms with van der Waals surface area (Å²) in [7, 11) is 0. The highest BCUT2D eigenvalue weighted by atomic mass is 16.5. The van der Waals surface area contributed by atoms with Crippen LogP contribution < -0.4 is 5.56 Å². The Morgan fingerprint density at radius 3 is 2.53 bits per heavy atom. The fourth-order valence-electron chi connectivity index (χ4n) is 1.96. The van der Waals surface area contributed by atoms with Gasteiger partial charge >= 0.3 is 0 Å². The van der Waals surface area contributed by atoms with Crippen molar-refractivity contribution in [3.8, 4) is 0 Å². The van der Waals surface area contributed by atoms with Crippen molar-refractivity contribution in [1.29, 1.82) is 0 Å². The van der Waals surface area contributed by atoms with Crippen molar-refractivity contribution in [1.82, 2.24) is 4.73 Å². The van der Waals surface area contributed by atoms with Crippen LogP contribution in [0.5, 0.6) is 0 Å². The molecule has 1 heterocycles. The number of aryl methyl sites for hydroxylation is 1. The van der Waals surface area contributed by atoms with E-state index in [9.17, 15) is 10.0 Å². The molecule has 0 atom stereocenters. The quantitative estimate of drug-likeness (QED) is 0.800. The molecule has 0 spiro atoms. The Bertz CT molecular complexity index is 490. The fourth-order valence-corrected chi connectivity index (χ4v) is 1.96. The van der Waals surface area contributed by atoms with E-state index in [4.69, 9.17) is 0 Å². The molecule has 17 heavy (non-hydrogen) atoms. The Morgan fingerprint density at radius 1 is 1.41 bits per heavy atom. The summed E-state index contributed by atoms with van der Waals surface area (Å²) < 4.78 is 0.694. The van der Waals surface area contributed by atoms with Crippen LogP contribution in [-0.4, -0.2) is 9.94 Å². The van der Waals surface area contributed by atoms with Crippen LogP contribution in [0, 0.1) is 12.3 Å². The number of rotatable bonds is 2. The zero-order valence-corrected chi connectivity index (χ0v) is 11.2. The SMILES string of the molecule is CC(=Cc1cc(C)cc(=O)n1O)CC(C)(C)C. The first-order valence-corrected chi connectivity index (χ1v) is 5.79. The second-order valence-corrected chi connectivity index (χ2v) is 5.84. The molecule has 0 bridgehead atoms. The third-order valence-electron chi connectivity index (χ3n) is 2.38. The zero-order chi connectivity index (χ0) is 13.2. The molecule has 1 aromatic heterocycles. The molecule has 0 aliphatic heterocycles. The zero-order valence-electron chi connectivity index (χ0n) is 11.2. The van der Waals surface area contributed by atoms with Gasteiger partial charge in [0.2, 0.25) is 0 Å². The molecule has 0 aliphatic carbocycles. The first kappa shape index (κ1) is 13.6. The maximum atomic E-state index is 11.4. The van der Waals surface area contributed by atoms with Crippen LogP contribution in [0.2, 0.25) is 0 Å². The van der Waals surface area contributed by atoms with E-state index in [-0.39, 0.29) is 11.0 Å². The third kappa shape index (κ3) is 4.10. The van der Waals surface area contributed by atoms with Gasteiger partial charge in [-0.25, -0.2) is 0 Å². The summed E-state index contributed by atoms with van der Waals surface area (Å²) in [5.74, 6) is 0. The Kier molecular flexibility index (Phi) is 3.81. The summed E-state index contributed by atoms with van der Waals surface area (Å²) >= 11 is 0. The number of aromatic nitrogens is 1. The monoisotopic (exact) mass is 235 g/mol. The molecule has 0 aromatic carbocycles. The summed E-state index contributed by atoms with van der Waals surface area (Å²) in [5.41, 5.74) is 2.35. The molecular weight excluding hydrogens is 214 g/mol. The molecule has 0 fully saturated rings. The lowest BCUT2D eigenvalue weighted by atomic mass is 9.88. The fraction of sp³-hybridized carbons (Fsp3) is 0.500. The summed E-state index contributed by atoms with van der Waals surface area (Å²) in [6, 6.07) is 3.21. The maximum absolute atomic E-state index is 11.4. The van der Waals surface area contributed by atoms with Crippen molar-refractivity contribution in [3.63, 3.8) is 0 Å². The number of nitrogens with zero attached hydrogens (tertiary/aromatic N) is 1. The van der Waals surface area contributed by atoms with Crippen LogP contribution in [0.25, 0.3) is 6.08 Å². The van der Waals surface area contributed by atoms with Gasteiger partial charge in [0.05, 0.1) is 5.69 Å². The minimum atomic E-state index is -0.389. The van der Waals surface area contributed by atoms with Crippen molar-refractivity contribution < 1.29 is 5.21 Å². The van der Waals surface area contributed by atoms with Gasteiger partial charge in [-0.1, -0.05) is 26.3 Å². The van der Waals surface area contributed by atoms with E-state index in [1.807, 2.05) is 19.9 Å². The predicted molar refractivity (Wildman–Crippen MR) is 70.3 cm³/mol. The molecule has 0 saturated heterocycles. The van der Waals surface area contributed by atoms with Gasteiger partial charge in [0.25, 0.3) is 5.56 Å². The lowest BCUT2D eigenvalue weighted by molar-refractivity contribution is 0.172. The lowest BCUT2D eigenvalue weighted by Crippen LogP contribution is -2.19. The van der Waals surface area contributed by atoms with Crippen LogP contribution in [0.4, 0.5) is 0 Å². The highest BCUT2D eigenvalue weighted by molar-refractivity contribution is 5.49. The molecule has 1 aromatic rings. The van der Waals surface area contributed by atoms with E-state index < -0.39 is 0 Å². The van der Waals surface area contributed by atoms with Crippen molar-refractivity contribution >= 4 is 6.08 Å². The topological polar surface area (TPSA) is 42.2 Å². The minimum Gasteiger partial charge on any atom is -0.425 e. The molecule has 3 heteroatoms. The van der Waals surface area contributed by atoms with Gasteiger partial charge < -0.3 is 5.21 Å². The summed E-state index contributed by atoms with van der Waals surface area (Å²) in [4.78, 5) is 11.4. The van der Waals surface area contributed by atoms with Crippen LogP contribution in [-0.2, 0) is 0 Å². The first-order valence-electron chi connectivity index (χ1n) is 5.79. The van der Waals surface area contributed by atoms with E-state index in [0.717, 1.165) is 17.6 Å². The summed E-state index contributed by atoms with van der Waals surface area (Å²) in [5, 5.41) is 9.63. The highest BCUT2D eigenvalue weighted by Gasteiger charge is 2.11. The third-order valence-corrected chi connectivity index (χ3v) is 2.38. The first-order chi connectivity index (χ1) is 7.69. The van der Waals surface area contributed by atoms with Crippen LogP contribution >= 0.6 is 0 Å². The molecule has 94 valence electrons. The van der Waals surface area contributed by atoms with Gasteiger partial charge in [0.1, 0.15) is 0 Å². The molecule has 0 aliphatic rings. The average Bonchev–Trinajstić information content (AvgIpc) is 2.10. The van der Waals surface area contributed by atoms with Gasteiger partial charge in [-0.3, -0.25) is 4.79 Å². The van der Waals surface area contributed by atoms with Crippen LogP contribution in [0.15, 0.2) is 22.5 Å². The van der Waals surface area contributed by atoms with Crippen LogP contribution in [0.1, 0.15) is 45.4 Å². The van der Waals surface area contributed by atoms with E-state index >= 15 is 0 Å². The Hall–Kier alpha value is -1.51. The number of allylic oxidation sites excluding steroid dienone is 1. The lowest BCUT2D eigenvalue weighted by Gasteiger charge is -2.18. The molecule has 0 amide bonds. The van der Waals surface area contributed by atoms with Crippen LogP contribution in [0.3, 0.4) is 0 Å². The van der Waals surface area contributed by atoms with Gasteiger partial charge in [0.15, 0.2) is 0 Å². The number of hydrogen-bond donors (Lipinski definition) is 1.